The van der Waals surface area contributed by atoms with Gasteiger partial charge in [0.25, 0.3) is 0 Å². The van der Waals surface area contributed by atoms with Gasteiger partial charge in [0.1, 0.15) is 10.8 Å². The van der Waals surface area contributed by atoms with Gasteiger partial charge in [0.05, 0.1) is 13.3 Å². The standard InChI is InChI=1S/C6H8N2OS2/c1-9-5-2-3-6(8-4-5)10-11-7/h2-4H,7H2,1H3. The van der Waals surface area contributed by atoms with Gasteiger partial charge in [0, 0.05) is 0 Å². The van der Waals surface area contributed by atoms with Gasteiger partial charge in [-0.1, -0.05) is 0 Å². The summed E-state index contributed by atoms with van der Waals surface area (Å²) >= 11 is 0. The molecule has 0 atom stereocenters. The van der Waals surface area contributed by atoms with Gasteiger partial charge < -0.3 is 4.74 Å². The molecule has 0 aliphatic rings. The van der Waals surface area contributed by atoms with Gasteiger partial charge in [-0.15, -0.1) is 0 Å². The molecule has 0 amide bonds. The third kappa shape index (κ3) is 2.61. The molecule has 2 N–H and O–H groups in total. The van der Waals surface area contributed by atoms with Crippen LogP contribution in [0.5, 0.6) is 5.75 Å². The molecule has 1 rings (SSSR count). The van der Waals surface area contributed by atoms with Crippen LogP contribution in [-0.4, -0.2) is 12.1 Å². The van der Waals surface area contributed by atoms with E-state index in [1.165, 1.54) is 21.8 Å². The van der Waals surface area contributed by atoms with Crippen molar-refractivity contribution in [3.05, 3.63) is 18.3 Å². The fourth-order valence-corrected chi connectivity index (χ4v) is 1.50. The lowest BCUT2D eigenvalue weighted by atomic mass is 10.5. The number of nitrogens with zero attached hydrogens (tertiary/aromatic N) is 1. The molecule has 0 saturated heterocycles. The highest BCUT2D eigenvalue weighted by molar-refractivity contribution is 8.75. The number of ether oxygens (including phenoxy) is 1. The van der Waals surface area contributed by atoms with E-state index in [-0.39, 0.29) is 0 Å². The Kier molecular flexibility index (Phi) is 3.55. The molecule has 0 bridgehead atoms. The Hall–Kier alpha value is -0.390. The number of aromatic nitrogens is 1. The van der Waals surface area contributed by atoms with Crippen molar-refractivity contribution in [2.24, 2.45) is 5.14 Å². The van der Waals surface area contributed by atoms with Crippen LogP contribution >= 0.6 is 21.8 Å². The summed E-state index contributed by atoms with van der Waals surface area (Å²) in [5, 5.41) is 6.13. The quantitative estimate of drug-likeness (QED) is 0.578. The van der Waals surface area contributed by atoms with Crippen LogP contribution in [0.3, 0.4) is 0 Å². The van der Waals surface area contributed by atoms with Crippen molar-refractivity contribution in [2.45, 2.75) is 5.03 Å². The number of hydrogen-bond acceptors (Lipinski definition) is 5. The van der Waals surface area contributed by atoms with Crippen LogP contribution in [0.1, 0.15) is 0 Å². The molecule has 0 aliphatic carbocycles. The Morgan fingerprint density at radius 1 is 1.55 bits per heavy atom. The summed E-state index contributed by atoms with van der Waals surface area (Å²) in [6.45, 7) is 0. The van der Waals surface area contributed by atoms with Crippen molar-refractivity contribution in [3.8, 4) is 5.75 Å². The Morgan fingerprint density at radius 3 is 2.82 bits per heavy atom. The lowest BCUT2D eigenvalue weighted by Crippen LogP contribution is -1.84. The van der Waals surface area contributed by atoms with Gasteiger partial charge in [-0.05, 0) is 33.9 Å². The van der Waals surface area contributed by atoms with Crippen LogP contribution in [0.15, 0.2) is 23.4 Å². The van der Waals surface area contributed by atoms with E-state index in [4.69, 9.17) is 9.88 Å². The Labute approximate surface area is 73.3 Å². The van der Waals surface area contributed by atoms with E-state index in [0.717, 1.165) is 10.8 Å². The largest absolute Gasteiger partial charge is 0.495 e. The summed E-state index contributed by atoms with van der Waals surface area (Å²) in [4.78, 5) is 4.08. The van der Waals surface area contributed by atoms with Crippen LogP contribution < -0.4 is 9.88 Å². The Bertz CT molecular complexity index is 214. The van der Waals surface area contributed by atoms with Crippen LogP contribution in [-0.2, 0) is 0 Å². The summed E-state index contributed by atoms with van der Waals surface area (Å²) < 4.78 is 4.94. The summed E-state index contributed by atoms with van der Waals surface area (Å²) in [5.74, 6) is 0.761. The van der Waals surface area contributed by atoms with E-state index < -0.39 is 0 Å². The Morgan fingerprint density at radius 2 is 2.36 bits per heavy atom. The van der Waals surface area contributed by atoms with E-state index in [1.54, 1.807) is 13.3 Å². The number of methoxy groups -OCH3 is 1. The molecule has 60 valence electrons. The molecule has 0 spiro atoms. The first-order valence-electron chi connectivity index (χ1n) is 2.90. The smallest absolute Gasteiger partial charge is 0.137 e. The molecule has 5 heteroatoms. The molecule has 1 aromatic rings. The zero-order chi connectivity index (χ0) is 8.10. The molecule has 0 aromatic carbocycles. The van der Waals surface area contributed by atoms with E-state index in [2.05, 4.69) is 4.98 Å². The molecule has 1 heterocycles. The van der Waals surface area contributed by atoms with E-state index in [0.29, 0.717) is 0 Å². The zero-order valence-corrected chi connectivity index (χ0v) is 7.61. The molecule has 1 aromatic heterocycles. The maximum atomic E-state index is 5.24. The van der Waals surface area contributed by atoms with Crippen LogP contribution in [0.2, 0.25) is 0 Å². The summed E-state index contributed by atoms with van der Waals surface area (Å²) in [7, 11) is 4.22. The van der Waals surface area contributed by atoms with Crippen molar-refractivity contribution in [3.63, 3.8) is 0 Å². The molecule has 0 unspecified atom stereocenters. The third-order valence-electron chi connectivity index (χ3n) is 1.08. The minimum atomic E-state index is 0.761. The summed E-state index contributed by atoms with van der Waals surface area (Å²) in [6.07, 6.45) is 1.67. The first-order valence-corrected chi connectivity index (χ1v) is 5.11. The SMILES string of the molecule is COc1ccc(SSN)nc1. The highest BCUT2D eigenvalue weighted by Crippen LogP contribution is 2.24. The van der Waals surface area contributed by atoms with Gasteiger partial charge in [0.15, 0.2) is 0 Å². The average molecular weight is 188 g/mol. The molecule has 11 heavy (non-hydrogen) atoms. The fourth-order valence-electron chi connectivity index (χ4n) is 0.586. The lowest BCUT2D eigenvalue weighted by molar-refractivity contribution is 0.412. The van der Waals surface area contributed by atoms with Crippen LogP contribution in [0.25, 0.3) is 0 Å². The summed E-state index contributed by atoms with van der Waals surface area (Å²) in [6, 6.07) is 3.72. The molecule has 0 radical (unpaired) electrons. The van der Waals surface area contributed by atoms with Crippen LogP contribution in [0, 0.1) is 0 Å². The lowest BCUT2D eigenvalue weighted by Gasteiger charge is -1.98. The number of rotatable bonds is 3. The first kappa shape index (κ1) is 8.70. The second-order valence-electron chi connectivity index (χ2n) is 1.72. The van der Waals surface area contributed by atoms with Crippen LogP contribution in [0.4, 0.5) is 0 Å². The van der Waals surface area contributed by atoms with Gasteiger partial charge >= 0.3 is 0 Å². The molecular weight excluding hydrogens is 180 g/mol. The number of hydrogen-bond donors (Lipinski definition) is 1. The number of pyridine rings is 1. The topological polar surface area (TPSA) is 48.1 Å². The third-order valence-corrected chi connectivity index (χ3v) is 2.39. The van der Waals surface area contributed by atoms with Crippen molar-refractivity contribution in [1.82, 2.24) is 4.98 Å². The predicted octanol–water partition coefficient (Wildman–Crippen LogP) is 1.70. The molecule has 0 saturated carbocycles. The first-order chi connectivity index (χ1) is 5.36. The normalized spacial score (nSPS) is 9.64. The zero-order valence-electron chi connectivity index (χ0n) is 5.98. The van der Waals surface area contributed by atoms with E-state index in [9.17, 15) is 0 Å². The average Bonchev–Trinajstić information content (AvgIpc) is 2.07. The number of nitrogens with two attached hydrogens (primary N) is 1. The van der Waals surface area contributed by atoms with Gasteiger partial charge in [-0.3, -0.25) is 5.14 Å². The van der Waals surface area contributed by atoms with Gasteiger partial charge in [-0.25, -0.2) is 4.98 Å². The van der Waals surface area contributed by atoms with Gasteiger partial charge in [-0.2, -0.15) is 0 Å². The highest BCUT2D eigenvalue weighted by Gasteiger charge is 1.94. The summed E-state index contributed by atoms with van der Waals surface area (Å²) in [5.41, 5.74) is 0. The van der Waals surface area contributed by atoms with Crippen molar-refractivity contribution in [1.29, 1.82) is 0 Å². The van der Waals surface area contributed by atoms with Crippen molar-refractivity contribution in [2.75, 3.05) is 7.11 Å². The minimum Gasteiger partial charge on any atom is -0.495 e. The van der Waals surface area contributed by atoms with Crippen molar-refractivity contribution < 1.29 is 4.74 Å². The minimum absolute atomic E-state index is 0.761. The highest BCUT2D eigenvalue weighted by atomic mass is 33.1. The molecule has 0 aliphatic heterocycles. The monoisotopic (exact) mass is 188 g/mol. The second-order valence-corrected chi connectivity index (χ2v) is 3.57. The molecular formula is C6H8N2OS2. The maximum Gasteiger partial charge on any atom is 0.137 e. The molecule has 3 nitrogen and oxygen atoms in total. The predicted molar refractivity (Wildman–Crippen MR) is 48.4 cm³/mol. The van der Waals surface area contributed by atoms with E-state index >= 15 is 0 Å². The van der Waals surface area contributed by atoms with Crippen molar-refractivity contribution >= 4 is 21.8 Å². The fraction of sp³-hybridized carbons (Fsp3) is 0.167. The maximum absolute atomic E-state index is 5.24. The Balaban J connectivity index is 2.66. The molecule has 0 fully saturated rings. The second kappa shape index (κ2) is 4.48. The van der Waals surface area contributed by atoms with Gasteiger partial charge in [0.2, 0.25) is 0 Å². The van der Waals surface area contributed by atoms with E-state index in [1.807, 2.05) is 12.1 Å².